The Morgan fingerprint density at radius 1 is 1.06 bits per heavy atom. The minimum Gasteiger partial charge on any atom is -0.396 e. The monoisotopic (exact) mass is 251 g/mol. The molecular formula is C11H25NO3S. The number of hydrogen-bond acceptors (Lipinski definition) is 4. The molecule has 5 heteroatoms. The van der Waals surface area contributed by atoms with Gasteiger partial charge in [0.2, 0.25) is 0 Å². The van der Waals surface area contributed by atoms with Gasteiger partial charge in [-0.2, -0.15) is 0 Å². The fraction of sp³-hybridized carbons (Fsp3) is 1.00. The lowest BCUT2D eigenvalue weighted by Crippen LogP contribution is -2.27. The average molecular weight is 251 g/mol. The molecule has 0 saturated carbocycles. The molecule has 0 bridgehead atoms. The second kappa shape index (κ2) is 8.96. The Kier molecular flexibility index (Phi) is 8.89. The summed E-state index contributed by atoms with van der Waals surface area (Å²) in [4.78, 5) is 0. The van der Waals surface area contributed by atoms with E-state index in [1.165, 1.54) is 0 Å². The first kappa shape index (κ1) is 15.9. The summed E-state index contributed by atoms with van der Waals surface area (Å²) in [7, 11) is -2.90. The number of unbranched alkanes of at least 4 members (excludes halogenated alkanes) is 3. The van der Waals surface area contributed by atoms with Crippen LogP contribution < -0.4 is 5.32 Å². The molecule has 0 atom stereocenters. The maximum atomic E-state index is 11.4. The van der Waals surface area contributed by atoms with Crippen LogP contribution in [0, 0.1) is 0 Å². The number of aliphatic hydroxyl groups excluding tert-OH is 1. The Morgan fingerprint density at radius 2 is 1.69 bits per heavy atom. The van der Waals surface area contributed by atoms with Crippen LogP contribution in [0.4, 0.5) is 0 Å². The van der Waals surface area contributed by atoms with E-state index in [-0.39, 0.29) is 17.6 Å². The summed E-state index contributed by atoms with van der Waals surface area (Å²) >= 11 is 0. The summed E-state index contributed by atoms with van der Waals surface area (Å²) in [5, 5.41) is 11.4. The molecule has 0 aliphatic heterocycles. The van der Waals surface area contributed by atoms with Crippen LogP contribution in [0.25, 0.3) is 0 Å². The quantitative estimate of drug-likeness (QED) is 0.567. The van der Waals surface area contributed by atoms with E-state index in [1.807, 2.05) is 0 Å². The van der Waals surface area contributed by atoms with Crippen molar-refractivity contribution in [3.05, 3.63) is 0 Å². The number of aliphatic hydroxyl groups is 1. The van der Waals surface area contributed by atoms with Crippen molar-refractivity contribution in [1.29, 1.82) is 0 Å². The molecule has 0 rings (SSSR count). The van der Waals surface area contributed by atoms with Crippen molar-refractivity contribution < 1.29 is 13.5 Å². The molecule has 0 saturated heterocycles. The molecule has 0 amide bonds. The van der Waals surface area contributed by atoms with Gasteiger partial charge < -0.3 is 10.4 Å². The highest BCUT2D eigenvalue weighted by Crippen LogP contribution is 2.00. The van der Waals surface area contributed by atoms with Gasteiger partial charge in [0.15, 0.2) is 9.84 Å². The summed E-state index contributed by atoms with van der Waals surface area (Å²) < 4.78 is 22.9. The number of sulfone groups is 1. The van der Waals surface area contributed by atoms with Crippen LogP contribution in [0.3, 0.4) is 0 Å². The highest BCUT2D eigenvalue weighted by molar-refractivity contribution is 7.92. The van der Waals surface area contributed by atoms with Crippen molar-refractivity contribution in [2.45, 2.75) is 44.8 Å². The molecule has 98 valence electrons. The van der Waals surface area contributed by atoms with Crippen LogP contribution in [0.5, 0.6) is 0 Å². The lowest BCUT2D eigenvalue weighted by molar-refractivity contribution is 0.282. The van der Waals surface area contributed by atoms with Crippen molar-refractivity contribution >= 4 is 9.84 Å². The number of rotatable bonds is 10. The number of nitrogens with one attached hydrogen (secondary N) is 1. The predicted octanol–water partition coefficient (Wildman–Crippen LogP) is 0.952. The van der Waals surface area contributed by atoms with Gasteiger partial charge in [0, 0.05) is 13.2 Å². The molecule has 0 spiro atoms. The van der Waals surface area contributed by atoms with Gasteiger partial charge in [0.1, 0.15) is 0 Å². The third-order valence-electron chi connectivity index (χ3n) is 2.54. The fourth-order valence-corrected chi connectivity index (χ4v) is 2.19. The van der Waals surface area contributed by atoms with E-state index in [0.717, 1.165) is 32.2 Å². The Labute approximate surface area is 99.4 Å². The lowest BCUT2D eigenvalue weighted by Gasteiger charge is -2.08. The zero-order valence-corrected chi connectivity index (χ0v) is 11.2. The summed E-state index contributed by atoms with van der Waals surface area (Å²) in [5.74, 6) is 0.224. The van der Waals surface area contributed by atoms with Gasteiger partial charge in [-0.15, -0.1) is 0 Å². The first-order chi connectivity index (χ1) is 7.50. The molecule has 0 aliphatic carbocycles. The van der Waals surface area contributed by atoms with Crippen molar-refractivity contribution in [2.24, 2.45) is 0 Å². The van der Waals surface area contributed by atoms with Crippen molar-refractivity contribution in [2.75, 3.05) is 25.4 Å². The minimum atomic E-state index is -2.90. The molecule has 4 nitrogen and oxygen atoms in total. The summed E-state index contributed by atoms with van der Waals surface area (Å²) in [6, 6.07) is 0. The second-order valence-corrected chi connectivity index (χ2v) is 6.98. The molecule has 0 fully saturated rings. The highest BCUT2D eigenvalue weighted by Gasteiger charge is 2.14. The van der Waals surface area contributed by atoms with Crippen molar-refractivity contribution in [3.63, 3.8) is 0 Å². The minimum absolute atomic E-state index is 0.224. The van der Waals surface area contributed by atoms with Gasteiger partial charge in [0.25, 0.3) is 0 Å². The molecule has 0 unspecified atom stereocenters. The summed E-state index contributed by atoms with van der Waals surface area (Å²) in [6.07, 6.45) is 4.04. The number of hydrogen-bond donors (Lipinski definition) is 2. The molecule has 0 aromatic rings. The Morgan fingerprint density at radius 3 is 2.25 bits per heavy atom. The zero-order chi connectivity index (χ0) is 12.4. The Hall–Kier alpha value is -0.130. The molecule has 0 aliphatic rings. The largest absolute Gasteiger partial charge is 0.396 e. The van der Waals surface area contributed by atoms with Gasteiger partial charge in [-0.1, -0.05) is 12.8 Å². The maximum Gasteiger partial charge on any atom is 0.153 e. The first-order valence-electron chi connectivity index (χ1n) is 6.04. The van der Waals surface area contributed by atoms with E-state index in [1.54, 1.807) is 13.8 Å². The van der Waals surface area contributed by atoms with E-state index in [4.69, 9.17) is 5.11 Å². The standard InChI is InChI=1S/C11H25NO3S/c1-11(2)16(14,15)10-8-12-7-5-3-4-6-9-13/h11-13H,3-10H2,1-2H3. The van der Waals surface area contributed by atoms with Crippen LogP contribution in [0.1, 0.15) is 39.5 Å². The summed E-state index contributed by atoms with van der Waals surface area (Å²) in [6.45, 7) is 5.09. The van der Waals surface area contributed by atoms with Gasteiger partial charge >= 0.3 is 0 Å². The molecule has 2 N–H and O–H groups in total. The van der Waals surface area contributed by atoms with E-state index in [2.05, 4.69) is 5.32 Å². The van der Waals surface area contributed by atoms with Crippen LogP contribution >= 0.6 is 0 Å². The molecule has 0 heterocycles. The third-order valence-corrected chi connectivity index (χ3v) is 4.75. The van der Waals surface area contributed by atoms with Gasteiger partial charge in [-0.05, 0) is 33.2 Å². The van der Waals surface area contributed by atoms with Crippen LogP contribution in [-0.2, 0) is 9.84 Å². The van der Waals surface area contributed by atoms with E-state index in [9.17, 15) is 8.42 Å². The SMILES string of the molecule is CC(C)S(=O)(=O)CCNCCCCCCO. The molecule has 0 aromatic carbocycles. The molecule has 16 heavy (non-hydrogen) atoms. The Balaban J connectivity index is 3.34. The van der Waals surface area contributed by atoms with Crippen molar-refractivity contribution in [1.82, 2.24) is 5.32 Å². The normalized spacial score (nSPS) is 12.2. The Bertz CT molecular complexity index is 250. The van der Waals surface area contributed by atoms with E-state index >= 15 is 0 Å². The van der Waals surface area contributed by atoms with Crippen LogP contribution in [0.2, 0.25) is 0 Å². The molecule has 0 radical (unpaired) electrons. The van der Waals surface area contributed by atoms with E-state index < -0.39 is 9.84 Å². The van der Waals surface area contributed by atoms with Gasteiger partial charge in [-0.3, -0.25) is 0 Å². The zero-order valence-electron chi connectivity index (χ0n) is 10.4. The van der Waals surface area contributed by atoms with Crippen LogP contribution in [0.15, 0.2) is 0 Å². The van der Waals surface area contributed by atoms with Crippen molar-refractivity contribution in [3.8, 4) is 0 Å². The summed E-state index contributed by atoms with van der Waals surface area (Å²) in [5.41, 5.74) is 0. The molecule has 0 aromatic heterocycles. The van der Waals surface area contributed by atoms with Gasteiger partial charge in [0.05, 0.1) is 11.0 Å². The van der Waals surface area contributed by atoms with Gasteiger partial charge in [-0.25, -0.2) is 8.42 Å². The van der Waals surface area contributed by atoms with E-state index in [0.29, 0.717) is 6.54 Å². The maximum absolute atomic E-state index is 11.4. The predicted molar refractivity (Wildman–Crippen MR) is 67.3 cm³/mol. The molecular weight excluding hydrogens is 226 g/mol. The first-order valence-corrected chi connectivity index (χ1v) is 7.75. The smallest absolute Gasteiger partial charge is 0.153 e. The third kappa shape index (κ3) is 8.07. The second-order valence-electron chi connectivity index (χ2n) is 4.30. The fourth-order valence-electron chi connectivity index (χ4n) is 1.29. The highest BCUT2D eigenvalue weighted by atomic mass is 32.2. The average Bonchev–Trinajstić information content (AvgIpc) is 2.21. The lowest BCUT2D eigenvalue weighted by atomic mass is 10.2. The van der Waals surface area contributed by atoms with Crippen LogP contribution in [-0.4, -0.2) is 44.2 Å². The topological polar surface area (TPSA) is 66.4 Å².